The zero-order valence-electron chi connectivity index (χ0n) is 29.2. The van der Waals surface area contributed by atoms with Crippen molar-refractivity contribution in [2.45, 2.75) is 154 Å². The maximum Gasteiger partial charge on any atom is 0.187 e. The van der Waals surface area contributed by atoms with E-state index in [0.29, 0.717) is 0 Å². The first-order valence-electron chi connectivity index (χ1n) is 17.6. The van der Waals surface area contributed by atoms with Gasteiger partial charge in [-0.05, 0) is 0 Å². The summed E-state index contributed by atoms with van der Waals surface area (Å²) in [5.41, 5.74) is 0. The molecular weight excluding hydrogens is 776 g/mol. The van der Waals surface area contributed by atoms with E-state index in [-0.39, 0.29) is 0 Å². The standard InChI is InChI=1S/C30H52O26/c31-1-6-11(36)12(37)18(43)27(49-6)54-23-8(3-33)51-29(20(45)14(23)39)56-25-10(5-35)52-30(21(46)16(25)41)55-24-9(4-34)50-28(19(44)15(24)40)53-22-7(2-32)48-26(47)17(42)13(22)38/h6-47H,1-5H2/t6-,7-,8-,9-,10-,11+,12+,13-,14-,15-,16-,17-,18-,19-,20-,21-,22-,23-,24-,25-,26+,27+,28-,29-,30-/m1/s1. The van der Waals surface area contributed by atoms with Crippen LogP contribution in [0.4, 0.5) is 0 Å². The van der Waals surface area contributed by atoms with Crippen molar-refractivity contribution in [1.82, 2.24) is 0 Å². The van der Waals surface area contributed by atoms with Gasteiger partial charge in [0.2, 0.25) is 0 Å². The lowest BCUT2D eigenvalue weighted by Gasteiger charge is -2.49. The van der Waals surface area contributed by atoms with Crippen LogP contribution in [-0.4, -0.2) is 273 Å². The van der Waals surface area contributed by atoms with Crippen molar-refractivity contribution in [3.63, 3.8) is 0 Å². The molecule has 5 aliphatic heterocycles. The van der Waals surface area contributed by atoms with Gasteiger partial charge in [0, 0.05) is 0 Å². The fourth-order valence-corrected chi connectivity index (χ4v) is 7.03. The molecule has 25 atom stereocenters. The van der Waals surface area contributed by atoms with E-state index in [0.717, 1.165) is 0 Å². The Morgan fingerprint density at radius 3 is 0.821 bits per heavy atom. The van der Waals surface area contributed by atoms with E-state index < -0.39 is 187 Å². The van der Waals surface area contributed by atoms with Crippen LogP contribution in [0.5, 0.6) is 0 Å². The highest BCUT2D eigenvalue weighted by molar-refractivity contribution is 4.99. The third kappa shape index (κ3) is 9.16. The molecule has 56 heavy (non-hydrogen) atoms. The molecule has 0 spiro atoms. The summed E-state index contributed by atoms with van der Waals surface area (Å²) in [4.78, 5) is 0. The molecule has 5 heterocycles. The smallest absolute Gasteiger partial charge is 0.187 e. The zero-order chi connectivity index (χ0) is 41.3. The maximum atomic E-state index is 11.1. The molecule has 0 aromatic heterocycles. The molecule has 5 saturated heterocycles. The van der Waals surface area contributed by atoms with E-state index >= 15 is 0 Å². The minimum Gasteiger partial charge on any atom is -0.394 e. The first-order chi connectivity index (χ1) is 26.5. The lowest BCUT2D eigenvalue weighted by atomic mass is 9.95. The summed E-state index contributed by atoms with van der Waals surface area (Å²) < 4.78 is 49.1. The maximum absolute atomic E-state index is 11.1. The van der Waals surface area contributed by atoms with Crippen molar-refractivity contribution < 1.29 is 129 Å². The summed E-state index contributed by atoms with van der Waals surface area (Å²) in [5, 5.41) is 176. The minimum absolute atomic E-state index is 0.811. The van der Waals surface area contributed by atoms with Crippen LogP contribution in [0.2, 0.25) is 0 Å². The fraction of sp³-hybridized carbons (Fsp3) is 1.00. The quantitative estimate of drug-likeness (QED) is 0.0819. The number of aliphatic hydroxyl groups excluding tert-OH is 17. The second kappa shape index (κ2) is 19.6. The molecule has 0 aliphatic carbocycles. The van der Waals surface area contributed by atoms with Gasteiger partial charge in [0.05, 0.1) is 33.0 Å². The van der Waals surface area contributed by atoms with Crippen LogP contribution in [0, 0.1) is 0 Å². The largest absolute Gasteiger partial charge is 0.394 e. The minimum atomic E-state index is -2.12. The highest BCUT2D eigenvalue weighted by atomic mass is 16.8. The van der Waals surface area contributed by atoms with E-state index in [2.05, 4.69) is 0 Å². The van der Waals surface area contributed by atoms with Crippen molar-refractivity contribution >= 4 is 0 Å². The fourth-order valence-electron chi connectivity index (χ4n) is 7.03. The molecule has 5 fully saturated rings. The van der Waals surface area contributed by atoms with Gasteiger partial charge in [-0.2, -0.15) is 0 Å². The van der Waals surface area contributed by atoms with E-state index in [1.807, 2.05) is 0 Å². The van der Waals surface area contributed by atoms with E-state index in [9.17, 15) is 86.8 Å². The Balaban J connectivity index is 1.22. The highest BCUT2D eigenvalue weighted by Crippen LogP contribution is 2.35. The van der Waals surface area contributed by atoms with Gasteiger partial charge < -0.3 is 129 Å². The molecule has 0 unspecified atom stereocenters. The topological polar surface area (TPSA) is 427 Å². The lowest BCUT2D eigenvalue weighted by molar-refractivity contribution is -0.392. The summed E-state index contributed by atoms with van der Waals surface area (Å²) in [7, 11) is 0. The zero-order valence-corrected chi connectivity index (χ0v) is 29.2. The van der Waals surface area contributed by atoms with Gasteiger partial charge in [0.25, 0.3) is 0 Å². The van der Waals surface area contributed by atoms with E-state index in [1.54, 1.807) is 0 Å². The molecular formula is C30H52O26. The van der Waals surface area contributed by atoms with Crippen LogP contribution in [0.3, 0.4) is 0 Å². The average molecular weight is 829 g/mol. The molecule has 17 N–H and O–H groups in total. The van der Waals surface area contributed by atoms with Gasteiger partial charge in [-0.1, -0.05) is 0 Å². The predicted octanol–water partition coefficient (Wildman–Crippen LogP) is -11.9. The first kappa shape index (κ1) is 46.0. The molecule has 0 aromatic rings. The third-order valence-electron chi connectivity index (χ3n) is 10.3. The molecule has 0 bridgehead atoms. The van der Waals surface area contributed by atoms with Crippen molar-refractivity contribution in [1.29, 1.82) is 0 Å². The molecule has 26 nitrogen and oxygen atoms in total. The van der Waals surface area contributed by atoms with Gasteiger partial charge in [-0.25, -0.2) is 0 Å². The molecule has 5 rings (SSSR count). The highest BCUT2D eigenvalue weighted by Gasteiger charge is 2.56. The second-order valence-electron chi connectivity index (χ2n) is 13.9. The van der Waals surface area contributed by atoms with Gasteiger partial charge in [0.15, 0.2) is 31.5 Å². The normalized spacial score (nSPS) is 53.2. The summed E-state index contributed by atoms with van der Waals surface area (Å²) in [5.74, 6) is 0. The van der Waals surface area contributed by atoms with Crippen molar-refractivity contribution in [2.75, 3.05) is 33.0 Å². The number of rotatable bonds is 13. The Morgan fingerprint density at radius 1 is 0.268 bits per heavy atom. The molecule has 0 radical (unpaired) electrons. The molecule has 328 valence electrons. The number of aliphatic hydroxyl groups is 17. The Morgan fingerprint density at radius 2 is 0.518 bits per heavy atom. The van der Waals surface area contributed by atoms with Crippen LogP contribution < -0.4 is 0 Å². The molecule has 0 amide bonds. The second-order valence-corrected chi connectivity index (χ2v) is 13.9. The van der Waals surface area contributed by atoms with E-state index in [1.165, 1.54) is 0 Å². The monoisotopic (exact) mass is 828 g/mol. The summed E-state index contributed by atoms with van der Waals surface area (Å²) >= 11 is 0. The van der Waals surface area contributed by atoms with Crippen LogP contribution in [0.1, 0.15) is 0 Å². The Bertz CT molecular complexity index is 1200. The number of ether oxygens (including phenoxy) is 9. The predicted molar refractivity (Wildman–Crippen MR) is 167 cm³/mol. The Hall–Kier alpha value is -1.04. The molecule has 26 heteroatoms. The van der Waals surface area contributed by atoms with Gasteiger partial charge in [-0.3, -0.25) is 0 Å². The van der Waals surface area contributed by atoms with Crippen molar-refractivity contribution in [2.24, 2.45) is 0 Å². The average Bonchev–Trinajstić information content (AvgIpc) is 3.19. The third-order valence-corrected chi connectivity index (χ3v) is 10.3. The first-order valence-corrected chi connectivity index (χ1v) is 17.6. The Kier molecular flexibility index (Phi) is 16.1. The SMILES string of the molecule is OC[C@H]1O[C@@H](O[C@H]2[C@H](O)[C@@H](O)[C@@H](O[C@H]3[C@H](O)[C@@H](O)[C@@H](O[C@H]4[C@H](O)[C@@H](O)[C@@H](O[C@H]5[C@H](O)[C@@H](O)[C@@H](O)O[C@@H]5CO)O[C@@H]4CO)O[C@@H]3CO)O[C@@H]2CO)[C@H](O)[C@@H](O)[C@H]1O. The molecule has 0 saturated carbocycles. The Labute approximate surface area is 316 Å². The van der Waals surface area contributed by atoms with Crippen LogP contribution in [-0.2, 0) is 42.6 Å². The summed E-state index contributed by atoms with van der Waals surface area (Å²) in [6.45, 7) is -4.51. The number of hydrogen-bond donors (Lipinski definition) is 17. The lowest BCUT2D eigenvalue weighted by Crippen LogP contribution is -2.68. The van der Waals surface area contributed by atoms with Crippen molar-refractivity contribution in [3.05, 3.63) is 0 Å². The van der Waals surface area contributed by atoms with Crippen molar-refractivity contribution in [3.8, 4) is 0 Å². The van der Waals surface area contributed by atoms with Gasteiger partial charge in [0.1, 0.15) is 122 Å². The van der Waals surface area contributed by atoms with Crippen LogP contribution in [0.15, 0.2) is 0 Å². The molecule has 0 aromatic carbocycles. The van der Waals surface area contributed by atoms with Gasteiger partial charge >= 0.3 is 0 Å². The molecule has 5 aliphatic rings. The number of hydrogen-bond acceptors (Lipinski definition) is 26. The summed E-state index contributed by atoms with van der Waals surface area (Å²) in [6, 6.07) is 0. The summed E-state index contributed by atoms with van der Waals surface area (Å²) in [6.07, 6.45) is -45.8. The van der Waals surface area contributed by atoms with Gasteiger partial charge in [-0.15, -0.1) is 0 Å². The van der Waals surface area contributed by atoms with Crippen LogP contribution >= 0.6 is 0 Å². The van der Waals surface area contributed by atoms with E-state index in [4.69, 9.17) is 42.6 Å². The van der Waals surface area contributed by atoms with Crippen LogP contribution in [0.25, 0.3) is 0 Å².